The molecular formula is C20H32N6O2. The predicted molar refractivity (Wildman–Crippen MR) is 110 cm³/mol. The van der Waals surface area contributed by atoms with Crippen molar-refractivity contribution in [1.82, 2.24) is 20.5 Å². The third kappa shape index (κ3) is 4.17. The fourth-order valence-electron chi connectivity index (χ4n) is 4.42. The summed E-state index contributed by atoms with van der Waals surface area (Å²) in [6.45, 7) is 6.68. The molecular weight excluding hydrogens is 356 g/mol. The Bertz CT molecular complexity index is 694. The maximum absolute atomic E-state index is 12.5. The molecule has 4 rings (SSSR count). The molecule has 1 saturated carbocycles. The molecule has 2 saturated heterocycles. The standard InChI is InChI=1S/C20H32N6O2/c1-25-9-11-26(12-10-25)17-6-5-16(18(24-17)28-2)23-19(27)22-14-20(15-3-4-15)7-8-21-13-20/h5-6,15,21H,3-4,7-14H2,1-2H3,(H2,22,23,27). The van der Waals surface area contributed by atoms with Crippen molar-refractivity contribution in [1.29, 1.82) is 0 Å². The summed E-state index contributed by atoms with van der Waals surface area (Å²) in [5.74, 6) is 2.09. The quantitative estimate of drug-likeness (QED) is 0.683. The minimum Gasteiger partial charge on any atom is -0.479 e. The van der Waals surface area contributed by atoms with E-state index in [-0.39, 0.29) is 11.4 Å². The van der Waals surface area contributed by atoms with Gasteiger partial charge in [-0.25, -0.2) is 4.79 Å². The maximum Gasteiger partial charge on any atom is 0.319 e. The zero-order chi connectivity index (χ0) is 19.6. The van der Waals surface area contributed by atoms with Crippen molar-refractivity contribution >= 4 is 17.5 Å². The van der Waals surface area contributed by atoms with Gasteiger partial charge in [0.05, 0.1) is 7.11 Å². The fourth-order valence-corrected chi connectivity index (χ4v) is 4.42. The molecule has 1 unspecified atom stereocenters. The number of anilines is 2. The second kappa shape index (κ2) is 8.13. The summed E-state index contributed by atoms with van der Waals surface area (Å²) in [5, 5.41) is 9.45. The van der Waals surface area contributed by atoms with E-state index in [1.54, 1.807) is 7.11 Å². The smallest absolute Gasteiger partial charge is 0.319 e. The number of methoxy groups -OCH3 is 1. The molecule has 3 aliphatic rings. The fraction of sp³-hybridized carbons (Fsp3) is 0.700. The molecule has 2 aliphatic heterocycles. The van der Waals surface area contributed by atoms with Crippen molar-refractivity contribution in [2.24, 2.45) is 11.3 Å². The van der Waals surface area contributed by atoms with Crippen LogP contribution in [0.1, 0.15) is 19.3 Å². The van der Waals surface area contributed by atoms with Crippen molar-refractivity contribution in [2.45, 2.75) is 19.3 Å². The zero-order valence-corrected chi connectivity index (χ0v) is 17.0. The predicted octanol–water partition coefficient (Wildman–Crippen LogP) is 1.35. The molecule has 8 nitrogen and oxygen atoms in total. The lowest BCUT2D eigenvalue weighted by Crippen LogP contribution is -2.44. The number of carbonyl (C=O) groups excluding carboxylic acids is 1. The van der Waals surface area contributed by atoms with Crippen LogP contribution in [0.2, 0.25) is 0 Å². The highest BCUT2D eigenvalue weighted by Crippen LogP contribution is 2.48. The number of hydrogen-bond donors (Lipinski definition) is 3. The Morgan fingerprint density at radius 3 is 2.75 bits per heavy atom. The molecule has 2 amide bonds. The molecule has 1 aliphatic carbocycles. The third-order valence-corrected chi connectivity index (χ3v) is 6.44. The summed E-state index contributed by atoms with van der Waals surface area (Å²) in [4.78, 5) is 21.7. The number of nitrogens with zero attached hydrogens (tertiary/aromatic N) is 3. The van der Waals surface area contributed by atoms with Crippen LogP contribution in [0.5, 0.6) is 5.88 Å². The first-order chi connectivity index (χ1) is 13.6. The van der Waals surface area contributed by atoms with E-state index in [2.05, 4.69) is 37.8 Å². The second-order valence-corrected chi connectivity index (χ2v) is 8.39. The van der Waals surface area contributed by atoms with Crippen LogP contribution >= 0.6 is 0 Å². The van der Waals surface area contributed by atoms with Gasteiger partial charge in [-0.2, -0.15) is 4.98 Å². The molecule has 1 aromatic heterocycles. The van der Waals surface area contributed by atoms with Crippen LogP contribution in [-0.2, 0) is 0 Å². The molecule has 3 fully saturated rings. The molecule has 0 spiro atoms. The summed E-state index contributed by atoms with van der Waals surface area (Å²) in [6.07, 6.45) is 3.72. The van der Waals surface area contributed by atoms with Crippen molar-refractivity contribution in [3.8, 4) is 5.88 Å². The van der Waals surface area contributed by atoms with Crippen molar-refractivity contribution < 1.29 is 9.53 Å². The normalized spacial score (nSPS) is 25.6. The van der Waals surface area contributed by atoms with E-state index in [1.807, 2.05) is 12.1 Å². The van der Waals surface area contributed by atoms with Crippen LogP contribution in [0.4, 0.5) is 16.3 Å². The summed E-state index contributed by atoms with van der Waals surface area (Å²) in [5.41, 5.74) is 0.827. The van der Waals surface area contributed by atoms with E-state index >= 15 is 0 Å². The minimum atomic E-state index is -0.195. The Labute approximate surface area is 167 Å². The summed E-state index contributed by atoms with van der Waals surface area (Å²) in [7, 11) is 3.72. The Hall–Kier alpha value is -2.06. The number of piperazine rings is 1. The lowest BCUT2D eigenvalue weighted by Gasteiger charge is -2.33. The summed E-state index contributed by atoms with van der Waals surface area (Å²) in [6, 6.07) is 3.64. The Balaban J connectivity index is 1.36. The third-order valence-electron chi connectivity index (χ3n) is 6.44. The lowest BCUT2D eigenvalue weighted by molar-refractivity contribution is 0.231. The highest BCUT2D eigenvalue weighted by molar-refractivity contribution is 5.90. The highest BCUT2D eigenvalue weighted by Gasteiger charge is 2.46. The number of urea groups is 1. The average Bonchev–Trinajstić information content (AvgIpc) is 3.46. The first-order valence-corrected chi connectivity index (χ1v) is 10.3. The van der Waals surface area contributed by atoms with Gasteiger partial charge in [0, 0.05) is 44.7 Å². The van der Waals surface area contributed by atoms with Gasteiger partial charge in [-0.05, 0) is 50.9 Å². The van der Waals surface area contributed by atoms with Crippen LogP contribution in [0, 0.1) is 11.3 Å². The number of pyridine rings is 1. The number of hydrogen-bond acceptors (Lipinski definition) is 6. The number of nitrogens with one attached hydrogen (secondary N) is 3. The van der Waals surface area contributed by atoms with E-state index in [0.29, 0.717) is 18.1 Å². The monoisotopic (exact) mass is 388 g/mol. The molecule has 1 aromatic rings. The first kappa shape index (κ1) is 19.3. The van der Waals surface area contributed by atoms with E-state index in [9.17, 15) is 4.79 Å². The summed E-state index contributed by atoms with van der Waals surface area (Å²) >= 11 is 0. The maximum atomic E-state index is 12.5. The largest absolute Gasteiger partial charge is 0.479 e. The van der Waals surface area contributed by atoms with Crippen molar-refractivity contribution in [3.63, 3.8) is 0 Å². The van der Waals surface area contributed by atoms with Crippen LogP contribution in [0.15, 0.2) is 12.1 Å². The van der Waals surface area contributed by atoms with Gasteiger partial charge in [0.25, 0.3) is 0 Å². The number of likely N-dealkylation sites (N-methyl/N-ethyl adjacent to an activating group) is 1. The number of ether oxygens (including phenoxy) is 1. The Morgan fingerprint density at radius 2 is 2.11 bits per heavy atom. The molecule has 0 radical (unpaired) electrons. The van der Waals surface area contributed by atoms with Gasteiger partial charge in [-0.15, -0.1) is 0 Å². The molecule has 154 valence electrons. The molecule has 0 aromatic carbocycles. The van der Waals surface area contributed by atoms with Crippen LogP contribution < -0.4 is 25.6 Å². The van der Waals surface area contributed by atoms with Gasteiger partial charge in [0.15, 0.2) is 0 Å². The average molecular weight is 389 g/mol. The van der Waals surface area contributed by atoms with E-state index in [1.165, 1.54) is 12.8 Å². The van der Waals surface area contributed by atoms with E-state index < -0.39 is 0 Å². The van der Waals surface area contributed by atoms with Crippen LogP contribution in [0.3, 0.4) is 0 Å². The summed E-state index contributed by atoms with van der Waals surface area (Å²) < 4.78 is 5.44. The molecule has 1 atom stereocenters. The van der Waals surface area contributed by atoms with Gasteiger partial charge in [-0.3, -0.25) is 0 Å². The molecule has 8 heteroatoms. The van der Waals surface area contributed by atoms with Gasteiger partial charge >= 0.3 is 6.03 Å². The SMILES string of the molecule is COc1nc(N2CCN(C)CC2)ccc1NC(=O)NCC1(C2CC2)CCNC1. The second-order valence-electron chi connectivity index (χ2n) is 8.39. The van der Waals surface area contributed by atoms with Gasteiger partial charge in [-0.1, -0.05) is 0 Å². The van der Waals surface area contributed by atoms with Crippen molar-refractivity contribution in [3.05, 3.63) is 12.1 Å². The highest BCUT2D eigenvalue weighted by atomic mass is 16.5. The Kier molecular flexibility index (Phi) is 5.59. The zero-order valence-electron chi connectivity index (χ0n) is 17.0. The van der Waals surface area contributed by atoms with Gasteiger partial charge < -0.3 is 30.5 Å². The van der Waals surface area contributed by atoms with Gasteiger partial charge in [0.1, 0.15) is 11.5 Å². The number of amides is 2. The van der Waals surface area contributed by atoms with Crippen molar-refractivity contribution in [2.75, 3.05) is 70.2 Å². The molecule has 3 N–H and O–H groups in total. The van der Waals surface area contributed by atoms with E-state index in [0.717, 1.165) is 57.4 Å². The molecule has 3 heterocycles. The number of aromatic nitrogens is 1. The number of carbonyl (C=O) groups is 1. The van der Waals surface area contributed by atoms with E-state index in [4.69, 9.17) is 4.74 Å². The van der Waals surface area contributed by atoms with Gasteiger partial charge in [0.2, 0.25) is 5.88 Å². The molecule has 28 heavy (non-hydrogen) atoms. The Morgan fingerprint density at radius 1 is 1.32 bits per heavy atom. The molecule has 0 bridgehead atoms. The lowest BCUT2D eigenvalue weighted by atomic mass is 9.82. The van der Waals surface area contributed by atoms with Crippen LogP contribution in [0.25, 0.3) is 0 Å². The topological polar surface area (TPSA) is 81.8 Å². The number of rotatable bonds is 6. The minimum absolute atomic E-state index is 0.195. The first-order valence-electron chi connectivity index (χ1n) is 10.3. The van der Waals surface area contributed by atoms with Crippen LogP contribution in [-0.4, -0.2) is 75.9 Å².